The first-order chi connectivity index (χ1) is 7.56. The highest BCUT2D eigenvalue weighted by Crippen LogP contribution is 2.09. The van der Waals surface area contributed by atoms with Crippen LogP contribution < -0.4 is 0 Å². The van der Waals surface area contributed by atoms with Gasteiger partial charge in [0.25, 0.3) is 10.1 Å². The fourth-order valence-electron chi connectivity index (χ4n) is 0.710. The Kier molecular flexibility index (Phi) is 5.33. The van der Waals surface area contributed by atoms with Gasteiger partial charge in [-0.1, -0.05) is 17.7 Å². The normalized spacial score (nSPS) is 11.1. The largest absolute Gasteiger partial charge is 0.294 e. The van der Waals surface area contributed by atoms with Crippen molar-refractivity contribution in [2.75, 3.05) is 0 Å². The molecule has 94 valence electrons. The number of hydrogen-bond acceptors (Lipinski definition) is 3. The average Bonchev–Trinajstić information content (AvgIpc) is 2.17. The Morgan fingerprint density at radius 3 is 1.76 bits per heavy atom. The standard InChI is InChI=1S/C7H8O3S.C5H9N/c1-6-2-4-7(5-3-6)11(8,9)10;1-5(2,3)4-6/h2-5H,1H3,(H,8,9,10);1-3H3. The zero-order valence-corrected chi connectivity index (χ0v) is 11.2. The molecule has 5 heteroatoms. The van der Waals surface area contributed by atoms with Gasteiger partial charge in [-0.15, -0.1) is 0 Å². The Balaban J connectivity index is 0.000000366. The Morgan fingerprint density at radius 2 is 1.53 bits per heavy atom. The van der Waals surface area contributed by atoms with Crippen molar-refractivity contribution in [2.24, 2.45) is 5.41 Å². The van der Waals surface area contributed by atoms with Crippen molar-refractivity contribution in [1.29, 1.82) is 5.26 Å². The predicted molar refractivity (Wildman–Crippen MR) is 66.1 cm³/mol. The number of hydrogen-bond donors (Lipinski definition) is 1. The topological polar surface area (TPSA) is 78.2 Å². The lowest BCUT2D eigenvalue weighted by Gasteiger charge is -2.01. The third-order valence-corrected chi connectivity index (χ3v) is 2.52. The lowest BCUT2D eigenvalue weighted by molar-refractivity contribution is 0.483. The molecule has 0 aliphatic heterocycles. The van der Waals surface area contributed by atoms with Crippen LogP contribution in [0.15, 0.2) is 29.2 Å². The maximum atomic E-state index is 10.5. The van der Waals surface area contributed by atoms with Gasteiger partial charge in [0.1, 0.15) is 0 Å². The van der Waals surface area contributed by atoms with Gasteiger partial charge < -0.3 is 0 Å². The quantitative estimate of drug-likeness (QED) is 0.783. The van der Waals surface area contributed by atoms with E-state index in [1.54, 1.807) is 12.1 Å². The molecule has 0 saturated carbocycles. The summed E-state index contributed by atoms with van der Waals surface area (Å²) in [6, 6.07) is 8.09. The fourth-order valence-corrected chi connectivity index (χ4v) is 1.19. The van der Waals surface area contributed by atoms with E-state index in [4.69, 9.17) is 9.81 Å². The Labute approximate surface area is 103 Å². The van der Waals surface area contributed by atoms with E-state index in [0.717, 1.165) is 5.56 Å². The second kappa shape index (κ2) is 5.80. The molecule has 0 heterocycles. The van der Waals surface area contributed by atoms with Crippen molar-refractivity contribution in [3.8, 4) is 6.07 Å². The predicted octanol–water partition coefficient (Wildman–Crippen LogP) is 2.80. The molecule has 0 saturated heterocycles. The molecule has 1 aromatic carbocycles. The van der Waals surface area contributed by atoms with E-state index in [0.29, 0.717) is 0 Å². The maximum Gasteiger partial charge on any atom is 0.294 e. The molecule has 0 aromatic heterocycles. The first-order valence-electron chi connectivity index (χ1n) is 5.02. The molecule has 0 fully saturated rings. The van der Waals surface area contributed by atoms with Crippen LogP contribution >= 0.6 is 0 Å². The van der Waals surface area contributed by atoms with Gasteiger partial charge >= 0.3 is 0 Å². The summed E-state index contributed by atoms with van der Waals surface area (Å²) in [6.07, 6.45) is 0. The molecular formula is C12H17NO3S. The highest BCUT2D eigenvalue weighted by atomic mass is 32.2. The maximum absolute atomic E-state index is 10.5. The number of benzene rings is 1. The smallest absolute Gasteiger partial charge is 0.282 e. The van der Waals surface area contributed by atoms with E-state index in [-0.39, 0.29) is 10.3 Å². The molecule has 1 N–H and O–H groups in total. The van der Waals surface area contributed by atoms with Crippen LogP contribution in [0.1, 0.15) is 26.3 Å². The van der Waals surface area contributed by atoms with Gasteiger partial charge in [0, 0.05) is 5.41 Å². The Morgan fingerprint density at radius 1 is 1.18 bits per heavy atom. The van der Waals surface area contributed by atoms with Crippen molar-refractivity contribution < 1.29 is 13.0 Å². The molecule has 0 spiro atoms. The second-order valence-corrected chi connectivity index (χ2v) is 6.07. The lowest BCUT2D eigenvalue weighted by Crippen LogP contribution is -1.97. The van der Waals surface area contributed by atoms with E-state index in [1.165, 1.54) is 12.1 Å². The molecule has 0 radical (unpaired) electrons. The molecule has 0 aliphatic carbocycles. The van der Waals surface area contributed by atoms with Gasteiger partial charge in [-0.2, -0.15) is 13.7 Å². The van der Waals surface area contributed by atoms with Crippen molar-refractivity contribution >= 4 is 10.1 Å². The Bertz CT molecular complexity index is 490. The molecule has 0 aliphatic rings. The third kappa shape index (κ3) is 7.50. The van der Waals surface area contributed by atoms with Crippen LogP contribution in [0.25, 0.3) is 0 Å². The van der Waals surface area contributed by atoms with Crippen LogP contribution in [0.2, 0.25) is 0 Å². The van der Waals surface area contributed by atoms with Crippen molar-refractivity contribution in [3.63, 3.8) is 0 Å². The number of rotatable bonds is 1. The van der Waals surface area contributed by atoms with Crippen molar-refractivity contribution in [3.05, 3.63) is 29.8 Å². The number of aryl methyl sites for hydroxylation is 1. The van der Waals surface area contributed by atoms with Crippen molar-refractivity contribution in [2.45, 2.75) is 32.6 Å². The SMILES string of the molecule is CC(C)(C)C#N.Cc1ccc(S(=O)(=O)O)cc1. The third-order valence-electron chi connectivity index (χ3n) is 1.65. The first kappa shape index (κ1) is 15.6. The highest BCUT2D eigenvalue weighted by Gasteiger charge is 2.06. The minimum atomic E-state index is -4.02. The Hall–Kier alpha value is -1.38. The number of nitrogens with zero attached hydrogens (tertiary/aromatic N) is 1. The van der Waals surface area contributed by atoms with Crippen LogP contribution in [0.4, 0.5) is 0 Å². The molecule has 0 atom stereocenters. The van der Waals surface area contributed by atoms with E-state index in [2.05, 4.69) is 6.07 Å². The van der Waals surface area contributed by atoms with Crippen LogP contribution in [0.3, 0.4) is 0 Å². The van der Waals surface area contributed by atoms with E-state index >= 15 is 0 Å². The van der Waals surface area contributed by atoms with Gasteiger partial charge in [0.2, 0.25) is 0 Å². The summed E-state index contributed by atoms with van der Waals surface area (Å²) in [6.45, 7) is 7.49. The van der Waals surface area contributed by atoms with Crippen LogP contribution in [-0.2, 0) is 10.1 Å². The lowest BCUT2D eigenvalue weighted by atomic mass is 10.0. The number of nitriles is 1. The minimum Gasteiger partial charge on any atom is -0.282 e. The van der Waals surface area contributed by atoms with Gasteiger partial charge in [-0.3, -0.25) is 4.55 Å². The van der Waals surface area contributed by atoms with Gasteiger partial charge in [-0.25, -0.2) is 0 Å². The highest BCUT2D eigenvalue weighted by molar-refractivity contribution is 7.85. The molecule has 1 rings (SSSR count). The molecule has 0 amide bonds. The minimum absolute atomic E-state index is 0.0666. The molecular weight excluding hydrogens is 238 g/mol. The summed E-state index contributed by atoms with van der Waals surface area (Å²) in [4.78, 5) is -0.0666. The average molecular weight is 255 g/mol. The summed E-state index contributed by atoms with van der Waals surface area (Å²) in [5.41, 5.74) is 0.803. The fraction of sp³-hybridized carbons (Fsp3) is 0.417. The molecule has 0 unspecified atom stereocenters. The van der Waals surface area contributed by atoms with Gasteiger partial charge in [0.05, 0.1) is 11.0 Å². The summed E-state index contributed by atoms with van der Waals surface area (Å²) in [5.74, 6) is 0. The summed E-state index contributed by atoms with van der Waals surface area (Å²) in [7, 11) is -4.02. The summed E-state index contributed by atoms with van der Waals surface area (Å²) in [5, 5.41) is 8.15. The van der Waals surface area contributed by atoms with Crippen molar-refractivity contribution in [1.82, 2.24) is 0 Å². The molecule has 1 aromatic rings. The summed E-state index contributed by atoms with van der Waals surface area (Å²) >= 11 is 0. The van der Waals surface area contributed by atoms with E-state index in [1.807, 2.05) is 27.7 Å². The van der Waals surface area contributed by atoms with E-state index in [9.17, 15) is 8.42 Å². The van der Waals surface area contributed by atoms with Gasteiger partial charge in [-0.05, 0) is 39.8 Å². The monoisotopic (exact) mass is 255 g/mol. The summed E-state index contributed by atoms with van der Waals surface area (Å²) < 4.78 is 29.6. The zero-order valence-electron chi connectivity index (χ0n) is 10.4. The van der Waals surface area contributed by atoms with Crippen LogP contribution in [0.5, 0.6) is 0 Å². The first-order valence-corrected chi connectivity index (χ1v) is 6.46. The molecule has 17 heavy (non-hydrogen) atoms. The van der Waals surface area contributed by atoms with Crippen LogP contribution in [-0.4, -0.2) is 13.0 Å². The second-order valence-electron chi connectivity index (χ2n) is 4.65. The molecule has 4 nitrogen and oxygen atoms in total. The zero-order chi connectivity index (χ0) is 13.7. The van der Waals surface area contributed by atoms with Gasteiger partial charge in [0.15, 0.2) is 0 Å². The van der Waals surface area contributed by atoms with Crippen LogP contribution in [0, 0.1) is 23.7 Å². The molecule has 0 bridgehead atoms. The van der Waals surface area contributed by atoms with E-state index < -0.39 is 10.1 Å².